The lowest BCUT2D eigenvalue weighted by molar-refractivity contribution is -0.142. The average molecular weight is 489 g/mol. The molecule has 0 spiro atoms. The molecular formula is C24H31F3N8. The minimum Gasteiger partial charge on any atom is -0.386 e. The molecule has 3 N–H and O–H groups in total. The summed E-state index contributed by atoms with van der Waals surface area (Å²) in [7, 11) is 0. The Morgan fingerprint density at radius 2 is 1.77 bits per heavy atom. The van der Waals surface area contributed by atoms with Gasteiger partial charge in [0, 0.05) is 17.8 Å². The van der Waals surface area contributed by atoms with Crippen molar-refractivity contribution in [3.8, 4) is 17.2 Å². The molecule has 0 aliphatic carbocycles. The maximum atomic E-state index is 13.7. The highest BCUT2D eigenvalue weighted by molar-refractivity contribution is 5.80. The van der Waals surface area contributed by atoms with Crippen LogP contribution in [0.25, 0.3) is 17.2 Å². The molecule has 0 saturated heterocycles. The number of tetrazole rings is 1. The van der Waals surface area contributed by atoms with Crippen molar-refractivity contribution in [2.45, 2.75) is 65.1 Å². The molecule has 0 bridgehead atoms. The van der Waals surface area contributed by atoms with Crippen LogP contribution in [0.2, 0.25) is 0 Å². The highest BCUT2D eigenvalue weighted by atomic mass is 19.4. The van der Waals surface area contributed by atoms with Crippen LogP contribution in [-0.4, -0.2) is 36.0 Å². The number of allylic oxidation sites excluding steroid dienone is 1. The van der Waals surface area contributed by atoms with Gasteiger partial charge in [0.1, 0.15) is 11.5 Å². The van der Waals surface area contributed by atoms with Crippen LogP contribution in [0.4, 0.5) is 13.2 Å². The van der Waals surface area contributed by atoms with Crippen molar-refractivity contribution in [3.05, 3.63) is 59.9 Å². The van der Waals surface area contributed by atoms with Crippen molar-refractivity contribution in [2.75, 3.05) is 0 Å². The molecule has 0 saturated carbocycles. The number of hydrogen-bond donors (Lipinski definition) is 2. The molecule has 1 aromatic carbocycles. The van der Waals surface area contributed by atoms with Gasteiger partial charge in [-0.15, -0.1) is 10.2 Å². The molecule has 35 heavy (non-hydrogen) atoms. The van der Waals surface area contributed by atoms with Crippen LogP contribution in [0, 0.1) is 0 Å². The summed E-state index contributed by atoms with van der Waals surface area (Å²) >= 11 is 0. The minimum absolute atomic E-state index is 0.0693. The number of hydrazone groups is 1. The summed E-state index contributed by atoms with van der Waals surface area (Å²) in [5.74, 6) is 0.605. The van der Waals surface area contributed by atoms with Crippen LogP contribution in [0.15, 0.2) is 53.8 Å². The lowest BCUT2D eigenvalue weighted by Gasteiger charge is -2.23. The van der Waals surface area contributed by atoms with Gasteiger partial charge in [0.2, 0.25) is 5.82 Å². The highest BCUT2D eigenvalue weighted by Gasteiger charge is 2.36. The third-order valence-corrected chi connectivity index (χ3v) is 5.49. The van der Waals surface area contributed by atoms with Crippen LogP contribution in [0.1, 0.15) is 63.6 Å². The van der Waals surface area contributed by atoms with E-state index >= 15 is 0 Å². The fourth-order valence-electron chi connectivity index (χ4n) is 3.60. The van der Waals surface area contributed by atoms with E-state index in [2.05, 4.69) is 46.2 Å². The van der Waals surface area contributed by atoms with Crippen LogP contribution in [0.5, 0.6) is 0 Å². The number of hydrogen-bond acceptors (Lipinski definition) is 5. The first-order valence-corrected chi connectivity index (χ1v) is 11.6. The molecule has 0 fully saturated rings. The van der Waals surface area contributed by atoms with Crippen LogP contribution < -0.4 is 5.73 Å². The predicted octanol–water partition coefficient (Wildman–Crippen LogP) is 5.64. The number of amidine groups is 1. The third-order valence-electron chi connectivity index (χ3n) is 5.49. The molecule has 11 heteroatoms. The Bertz CT molecular complexity index is 1110. The second kappa shape index (κ2) is 11.7. The van der Waals surface area contributed by atoms with Gasteiger partial charge in [-0.25, -0.2) is 0 Å². The Balaban J connectivity index is 1.90. The molecule has 0 aliphatic heterocycles. The van der Waals surface area contributed by atoms with Gasteiger partial charge in [-0.05, 0) is 54.3 Å². The lowest BCUT2D eigenvalue weighted by atomic mass is 10.1. The Labute approximate surface area is 202 Å². The van der Waals surface area contributed by atoms with Gasteiger partial charge in [0.25, 0.3) is 0 Å². The zero-order valence-electron chi connectivity index (χ0n) is 20.0. The molecule has 3 aromatic rings. The summed E-state index contributed by atoms with van der Waals surface area (Å²) in [5.41, 5.74) is 7.52. The van der Waals surface area contributed by atoms with E-state index in [1.807, 2.05) is 0 Å². The molecule has 0 radical (unpaired) electrons. The topological polar surface area (TPSA) is 101 Å². The molecule has 0 aliphatic rings. The summed E-state index contributed by atoms with van der Waals surface area (Å²) in [5, 5.41) is 19.8. The monoisotopic (exact) mass is 488 g/mol. The first-order valence-electron chi connectivity index (χ1n) is 11.6. The zero-order chi connectivity index (χ0) is 25.4. The maximum Gasteiger partial charge on any atom is 0.431 e. The van der Waals surface area contributed by atoms with E-state index in [1.54, 1.807) is 29.3 Å². The largest absolute Gasteiger partial charge is 0.431 e. The van der Waals surface area contributed by atoms with Gasteiger partial charge in [-0.3, -0.25) is 5.01 Å². The summed E-state index contributed by atoms with van der Waals surface area (Å²) in [4.78, 5) is 0. The second-order valence-corrected chi connectivity index (χ2v) is 8.26. The number of rotatable bonds is 12. The van der Waals surface area contributed by atoms with Crippen molar-refractivity contribution in [1.29, 1.82) is 0 Å². The maximum absolute atomic E-state index is 13.7. The quantitative estimate of drug-likeness (QED) is 0.195. The number of aromatic nitrogens is 5. The molecular weight excluding hydrogens is 457 g/mol. The number of benzene rings is 1. The third kappa shape index (κ3) is 6.71. The Morgan fingerprint density at radius 1 is 1.09 bits per heavy atom. The summed E-state index contributed by atoms with van der Waals surface area (Å²) in [6, 6.07) is 9.14. The number of aromatic amines is 1. The lowest BCUT2D eigenvalue weighted by Crippen LogP contribution is -2.22. The minimum atomic E-state index is -4.56. The van der Waals surface area contributed by atoms with Gasteiger partial charge in [-0.1, -0.05) is 45.4 Å². The molecule has 0 unspecified atom stereocenters. The Hall–Kier alpha value is -3.63. The fraction of sp³-hybridized carbons (Fsp3) is 0.417. The van der Waals surface area contributed by atoms with E-state index in [0.29, 0.717) is 24.5 Å². The second-order valence-electron chi connectivity index (χ2n) is 8.26. The summed E-state index contributed by atoms with van der Waals surface area (Å²) < 4.78 is 42.2. The van der Waals surface area contributed by atoms with Gasteiger partial charge in [0.15, 0.2) is 0 Å². The van der Waals surface area contributed by atoms with Crippen LogP contribution >= 0.6 is 0 Å². The van der Waals surface area contributed by atoms with Gasteiger partial charge < -0.3 is 10.3 Å². The van der Waals surface area contributed by atoms with E-state index in [0.717, 1.165) is 54.0 Å². The van der Waals surface area contributed by atoms with Gasteiger partial charge in [-0.2, -0.15) is 23.5 Å². The number of H-pyrrole nitrogens is 1. The number of nitrogens with zero attached hydrogens (tertiary/aromatic N) is 6. The van der Waals surface area contributed by atoms with Crippen LogP contribution in [-0.2, 0) is 12.7 Å². The smallest absolute Gasteiger partial charge is 0.386 e. The van der Waals surface area contributed by atoms with Crippen molar-refractivity contribution in [2.24, 2.45) is 10.8 Å². The van der Waals surface area contributed by atoms with Crippen molar-refractivity contribution < 1.29 is 13.2 Å². The zero-order valence-corrected chi connectivity index (χ0v) is 20.0. The van der Waals surface area contributed by atoms with Gasteiger partial charge >= 0.3 is 6.18 Å². The molecule has 2 heterocycles. The normalized spacial score (nSPS) is 12.2. The number of halogens is 3. The number of nitrogens with two attached hydrogens (primary N) is 1. The van der Waals surface area contributed by atoms with E-state index < -0.39 is 11.9 Å². The van der Waals surface area contributed by atoms with Gasteiger partial charge in [0.05, 0.1) is 12.2 Å². The summed E-state index contributed by atoms with van der Waals surface area (Å²) in [6.45, 7) is 8.77. The highest BCUT2D eigenvalue weighted by Crippen LogP contribution is 2.35. The number of unbranched alkanes of at least 4 members (excludes halogenated alkanes) is 2. The van der Waals surface area contributed by atoms with E-state index in [9.17, 15) is 13.2 Å². The van der Waals surface area contributed by atoms with Crippen molar-refractivity contribution in [1.82, 2.24) is 30.2 Å². The van der Waals surface area contributed by atoms with E-state index in [4.69, 9.17) is 5.73 Å². The predicted molar refractivity (Wildman–Crippen MR) is 129 cm³/mol. The fourth-order valence-corrected chi connectivity index (χ4v) is 3.60. The van der Waals surface area contributed by atoms with E-state index in [1.165, 1.54) is 6.07 Å². The molecule has 0 atom stereocenters. The molecule has 3 rings (SSSR count). The molecule has 2 aromatic heterocycles. The summed E-state index contributed by atoms with van der Waals surface area (Å²) in [6.07, 6.45) is 0.882. The Morgan fingerprint density at radius 3 is 2.37 bits per heavy atom. The average Bonchev–Trinajstić information content (AvgIpc) is 3.51. The molecule has 0 amide bonds. The molecule has 188 valence electrons. The SMILES string of the molecule is C=C(CCCC)N(Cc1ccc(-n2c(-c3nn[nH]n3)ccc2C(F)(F)F)cc1)/N=C(\N)CCCC. The molecule has 8 nitrogen and oxygen atoms in total. The number of nitrogens with one attached hydrogen (secondary N) is 1. The Kier molecular flexibility index (Phi) is 8.67. The van der Waals surface area contributed by atoms with Crippen LogP contribution in [0.3, 0.4) is 0 Å². The first kappa shape index (κ1) is 26.0. The number of alkyl halides is 3. The van der Waals surface area contributed by atoms with E-state index in [-0.39, 0.29) is 11.5 Å². The van der Waals surface area contributed by atoms with Crippen molar-refractivity contribution in [3.63, 3.8) is 0 Å². The standard InChI is InChI=1S/C24H31F3N8/c1-4-6-8-17(3)34(31-22(28)9-7-5-2)16-18-10-12-19(13-11-18)35-20(23-29-32-33-30-23)14-15-21(35)24(25,26)27/h10-15H,3-9,16H2,1-2H3,(H2,28,31)(H,29,30,32,33). The van der Waals surface area contributed by atoms with Crippen molar-refractivity contribution >= 4 is 5.84 Å². The first-order chi connectivity index (χ1) is 16.7.